The molecule has 0 saturated carbocycles. The molecule has 2 amide bonds. The summed E-state index contributed by atoms with van der Waals surface area (Å²) in [6.07, 6.45) is 0.760. The van der Waals surface area contributed by atoms with E-state index in [9.17, 15) is 19.7 Å². The summed E-state index contributed by atoms with van der Waals surface area (Å²) in [7, 11) is 0. The summed E-state index contributed by atoms with van der Waals surface area (Å²) in [4.78, 5) is 36.1. The van der Waals surface area contributed by atoms with E-state index in [4.69, 9.17) is 32.4 Å². The van der Waals surface area contributed by atoms with Crippen LogP contribution in [0, 0.1) is 23.0 Å². The number of nitro benzene ring substituents is 1. The third kappa shape index (κ3) is 8.30. The number of non-ortho nitro benzene ring substituents is 1. The number of amides is 2. The lowest BCUT2D eigenvalue weighted by molar-refractivity contribution is -0.384. The molecule has 3 aromatic rings. The average molecular weight is 575 g/mol. The number of nitrogens with one attached hydrogen (secondary N) is 2. The molecule has 3 rings (SSSR count). The topological polar surface area (TPSA) is 136 Å². The predicted molar refractivity (Wildman–Crippen MR) is 149 cm³/mol. The summed E-state index contributed by atoms with van der Waals surface area (Å²) in [6, 6.07) is 11.6. The zero-order chi connectivity index (χ0) is 28.7. The van der Waals surface area contributed by atoms with Gasteiger partial charge in [-0.3, -0.25) is 19.7 Å². The van der Waals surface area contributed by atoms with Crippen molar-refractivity contribution >= 4 is 46.9 Å². The van der Waals surface area contributed by atoms with Crippen LogP contribution in [0.2, 0.25) is 10.0 Å². The molecule has 12 heteroatoms. The largest absolute Gasteiger partial charge is 0.479 e. The van der Waals surface area contributed by atoms with Gasteiger partial charge in [-0.15, -0.1) is 0 Å². The SMILES string of the molecule is Cc1cc([N+](=O)[O-])ccc1-c1ccc(/C=N\NC(=O)[C@@H](CC(C)C)NC(=O)[C@@H](C)Oc2ccc(Cl)cc2Cl)o1. The molecule has 0 fully saturated rings. The highest BCUT2D eigenvalue weighted by Crippen LogP contribution is 2.29. The summed E-state index contributed by atoms with van der Waals surface area (Å²) in [5.41, 5.74) is 3.80. The molecule has 0 aliphatic rings. The zero-order valence-corrected chi connectivity index (χ0v) is 23.2. The molecule has 2 N–H and O–H groups in total. The van der Waals surface area contributed by atoms with Gasteiger partial charge in [-0.1, -0.05) is 37.0 Å². The molecule has 1 heterocycles. The second-order valence-corrected chi connectivity index (χ2v) is 10.1. The van der Waals surface area contributed by atoms with Crippen molar-refractivity contribution in [3.8, 4) is 17.1 Å². The van der Waals surface area contributed by atoms with Gasteiger partial charge in [0.2, 0.25) is 0 Å². The van der Waals surface area contributed by atoms with E-state index in [1.54, 1.807) is 44.2 Å². The minimum atomic E-state index is -0.931. The van der Waals surface area contributed by atoms with Gasteiger partial charge in [-0.2, -0.15) is 5.10 Å². The van der Waals surface area contributed by atoms with Crippen LogP contribution in [-0.4, -0.2) is 35.1 Å². The summed E-state index contributed by atoms with van der Waals surface area (Å²) in [5.74, 6) is 0.233. The minimum absolute atomic E-state index is 0.00918. The van der Waals surface area contributed by atoms with Crippen molar-refractivity contribution in [2.75, 3.05) is 0 Å². The molecule has 0 radical (unpaired) electrons. The third-order valence-electron chi connectivity index (χ3n) is 5.59. The first-order chi connectivity index (χ1) is 18.4. The van der Waals surface area contributed by atoms with Crippen LogP contribution in [0.5, 0.6) is 5.75 Å². The fourth-order valence-electron chi connectivity index (χ4n) is 3.65. The maximum absolute atomic E-state index is 12.8. The maximum Gasteiger partial charge on any atom is 0.269 e. The quantitative estimate of drug-likeness (QED) is 0.166. The number of rotatable bonds is 11. The second kappa shape index (κ2) is 13.3. The van der Waals surface area contributed by atoms with Gasteiger partial charge in [0.1, 0.15) is 23.3 Å². The first-order valence-electron chi connectivity index (χ1n) is 12.0. The third-order valence-corrected chi connectivity index (χ3v) is 6.12. The van der Waals surface area contributed by atoms with Crippen molar-refractivity contribution in [1.82, 2.24) is 10.7 Å². The molecule has 0 saturated heterocycles. The molecule has 2 aromatic carbocycles. The lowest BCUT2D eigenvalue weighted by atomic mass is 10.0. The molecule has 0 bridgehead atoms. The number of carbonyl (C=O) groups excluding carboxylic acids is 2. The van der Waals surface area contributed by atoms with Gasteiger partial charge >= 0.3 is 0 Å². The Morgan fingerprint density at radius 1 is 1.10 bits per heavy atom. The standard InChI is InChI=1S/C27H28Cl2N4O6/c1-15(2)11-23(31-26(34)17(4)38-25-9-5-18(28)13-22(25)29)27(35)32-30-14-20-7-10-24(39-20)21-8-6-19(33(36)37)12-16(21)3/h5-10,12-15,17,23H,11H2,1-4H3,(H,31,34)(H,32,35)/b30-14-/t17-,23-/m1/s1. The van der Waals surface area contributed by atoms with E-state index in [1.165, 1.54) is 24.4 Å². The van der Waals surface area contributed by atoms with Crippen molar-refractivity contribution in [2.45, 2.75) is 46.3 Å². The number of benzene rings is 2. The van der Waals surface area contributed by atoms with Crippen molar-refractivity contribution in [2.24, 2.45) is 11.0 Å². The maximum atomic E-state index is 12.8. The molecule has 2 atom stereocenters. The Kier molecular flexibility index (Phi) is 10.1. The number of ether oxygens (including phenoxy) is 1. The van der Waals surface area contributed by atoms with Crippen molar-refractivity contribution in [3.63, 3.8) is 0 Å². The molecule has 1 aromatic heterocycles. The van der Waals surface area contributed by atoms with E-state index >= 15 is 0 Å². The number of halogens is 2. The summed E-state index contributed by atoms with van der Waals surface area (Å²) in [6.45, 7) is 7.14. The van der Waals surface area contributed by atoms with E-state index in [-0.39, 0.29) is 16.6 Å². The second-order valence-electron chi connectivity index (χ2n) is 9.22. The van der Waals surface area contributed by atoms with Gasteiger partial charge in [0.05, 0.1) is 16.2 Å². The van der Waals surface area contributed by atoms with E-state index < -0.39 is 28.9 Å². The van der Waals surface area contributed by atoms with Crippen molar-refractivity contribution < 1.29 is 23.7 Å². The first-order valence-corrected chi connectivity index (χ1v) is 12.8. The molecule has 39 heavy (non-hydrogen) atoms. The zero-order valence-electron chi connectivity index (χ0n) is 21.7. The van der Waals surface area contributed by atoms with E-state index in [0.29, 0.717) is 39.8 Å². The highest BCUT2D eigenvalue weighted by Gasteiger charge is 2.25. The minimum Gasteiger partial charge on any atom is -0.479 e. The smallest absolute Gasteiger partial charge is 0.269 e. The number of hydrogen-bond acceptors (Lipinski definition) is 7. The Morgan fingerprint density at radius 2 is 1.85 bits per heavy atom. The first kappa shape index (κ1) is 29.7. The number of carbonyl (C=O) groups is 2. The van der Waals surface area contributed by atoms with Gasteiger partial charge in [-0.25, -0.2) is 5.43 Å². The van der Waals surface area contributed by atoms with Crippen LogP contribution in [-0.2, 0) is 9.59 Å². The van der Waals surface area contributed by atoms with Crippen LogP contribution in [0.25, 0.3) is 11.3 Å². The normalized spacial score (nSPS) is 12.8. The highest BCUT2D eigenvalue weighted by molar-refractivity contribution is 6.35. The molecule has 10 nitrogen and oxygen atoms in total. The Morgan fingerprint density at radius 3 is 2.49 bits per heavy atom. The predicted octanol–water partition coefficient (Wildman–Crippen LogP) is 5.92. The monoisotopic (exact) mass is 574 g/mol. The molecular formula is C27H28Cl2N4O6. The summed E-state index contributed by atoms with van der Waals surface area (Å²) >= 11 is 12.0. The van der Waals surface area contributed by atoms with Gasteiger partial charge in [0.25, 0.3) is 17.5 Å². The number of nitrogens with zero attached hydrogens (tertiary/aromatic N) is 2. The van der Waals surface area contributed by atoms with E-state index in [0.717, 1.165) is 0 Å². The Balaban J connectivity index is 1.62. The summed E-state index contributed by atoms with van der Waals surface area (Å²) in [5, 5.41) is 18.3. The van der Waals surface area contributed by atoms with E-state index in [1.807, 2.05) is 13.8 Å². The molecular weight excluding hydrogens is 547 g/mol. The number of hydrogen-bond donors (Lipinski definition) is 2. The van der Waals surface area contributed by atoms with Crippen LogP contribution >= 0.6 is 23.2 Å². The number of nitro groups is 1. The van der Waals surface area contributed by atoms with Crippen molar-refractivity contribution in [3.05, 3.63) is 80.0 Å². The Hall–Kier alpha value is -3.89. The Bertz CT molecular complexity index is 1390. The lowest BCUT2D eigenvalue weighted by Gasteiger charge is -2.22. The van der Waals surface area contributed by atoms with Gasteiger partial charge in [0.15, 0.2) is 6.10 Å². The Labute approximate surface area is 235 Å². The molecule has 0 aliphatic heterocycles. The average Bonchev–Trinajstić information content (AvgIpc) is 3.33. The molecule has 0 unspecified atom stereocenters. The summed E-state index contributed by atoms with van der Waals surface area (Å²) < 4.78 is 11.4. The number of furan rings is 1. The van der Waals surface area contributed by atoms with Crippen LogP contribution < -0.4 is 15.5 Å². The van der Waals surface area contributed by atoms with Gasteiger partial charge < -0.3 is 14.5 Å². The fraction of sp³-hybridized carbons (Fsp3) is 0.296. The lowest BCUT2D eigenvalue weighted by Crippen LogP contribution is -2.49. The molecule has 0 aliphatic carbocycles. The van der Waals surface area contributed by atoms with Crippen LogP contribution in [0.3, 0.4) is 0 Å². The van der Waals surface area contributed by atoms with E-state index in [2.05, 4.69) is 15.8 Å². The highest BCUT2D eigenvalue weighted by atomic mass is 35.5. The van der Waals surface area contributed by atoms with Gasteiger partial charge in [0, 0.05) is 22.7 Å². The number of aryl methyl sites for hydroxylation is 1. The van der Waals surface area contributed by atoms with Crippen LogP contribution in [0.1, 0.15) is 38.5 Å². The van der Waals surface area contributed by atoms with Crippen LogP contribution in [0.4, 0.5) is 5.69 Å². The van der Waals surface area contributed by atoms with Crippen LogP contribution in [0.15, 0.2) is 58.0 Å². The fourth-order valence-corrected chi connectivity index (χ4v) is 4.10. The molecule has 206 valence electrons. The van der Waals surface area contributed by atoms with Crippen molar-refractivity contribution in [1.29, 1.82) is 0 Å². The van der Waals surface area contributed by atoms with Gasteiger partial charge in [-0.05, 0) is 68.1 Å². The number of hydrazone groups is 1. The molecule has 0 spiro atoms.